The standard InChI is InChI=1S/C23H23N3O6/c1-2-5-19-18(22(26-25-19)32-13-20(27)28)12-14-8-10-15(11-9-14)24-21(29)16-6-3-4-7-17(16)23(30)31/h3-4,6-11H,2,5,12-13H2,1H3,(H,24,29)(H,25,26)(H,27,28)(H,30,31). The van der Waals surface area contributed by atoms with E-state index in [-0.39, 0.29) is 17.0 Å². The quantitative estimate of drug-likeness (QED) is 0.381. The molecule has 0 aliphatic rings. The number of hydrogen-bond donors (Lipinski definition) is 4. The van der Waals surface area contributed by atoms with E-state index >= 15 is 0 Å². The Morgan fingerprint density at radius 2 is 1.72 bits per heavy atom. The average Bonchev–Trinajstić information content (AvgIpc) is 3.15. The summed E-state index contributed by atoms with van der Waals surface area (Å²) in [6, 6.07) is 13.1. The maximum Gasteiger partial charge on any atom is 0.341 e. The molecule has 9 heteroatoms. The van der Waals surface area contributed by atoms with Crippen LogP contribution in [0.3, 0.4) is 0 Å². The minimum absolute atomic E-state index is 0.0704. The first-order valence-corrected chi connectivity index (χ1v) is 10.0. The Morgan fingerprint density at radius 1 is 1.03 bits per heavy atom. The van der Waals surface area contributed by atoms with Crippen molar-refractivity contribution in [2.75, 3.05) is 11.9 Å². The molecular weight excluding hydrogens is 414 g/mol. The van der Waals surface area contributed by atoms with Gasteiger partial charge < -0.3 is 20.3 Å². The number of hydrogen-bond acceptors (Lipinski definition) is 5. The van der Waals surface area contributed by atoms with Crippen LogP contribution >= 0.6 is 0 Å². The summed E-state index contributed by atoms with van der Waals surface area (Å²) >= 11 is 0. The van der Waals surface area contributed by atoms with Crippen molar-refractivity contribution >= 4 is 23.5 Å². The third-order valence-electron chi connectivity index (χ3n) is 4.74. The number of carboxylic acid groups (broad SMARTS) is 2. The monoisotopic (exact) mass is 437 g/mol. The van der Waals surface area contributed by atoms with Gasteiger partial charge in [0.25, 0.3) is 5.91 Å². The number of ether oxygens (including phenoxy) is 1. The highest BCUT2D eigenvalue weighted by Gasteiger charge is 2.17. The summed E-state index contributed by atoms with van der Waals surface area (Å²) in [5.74, 6) is -2.51. The molecule has 3 aromatic rings. The number of rotatable bonds is 10. The number of amides is 1. The molecule has 166 valence electrons. The van der Waals surface area contributed by atoms with E-state index in [1.54, 1.807) is 24.3 Å². The number of anilines is 1. The predicted octanol–water partition coefficient (Wildman–Crippen LogP) is 3.37. The molecule has 0 unspecified atom stereocenters. The Hall–Kier alpha value is -4.14. The summed E-state index contributed by atoms with van der Waals surface area (Å²) in [5.41, 5.74) is 3.11. The molecule has 1 amide bonds. The van der Waals surface area contributed by atoms with Crippen molar-refractivity contribution in [2.24, 2.45) is 0 Å². The second kappa shape index (κ2) is 10.3. The summed E-state index contributed by atoms with van der Waals surface area (Å²) in [5, 5.41) is 27.8. The molecule has 0 saturated carbocycles. The zero-order chi connectivity index (χ0) is 23.1. The lowest BCUT2D eigenvalue weighted by Crippen LogP contribution is -2.16. The van der Waals surface area contributed by atoms with Gasteiger partial charge in [0.05, 0.1) is 11.1 Å². The number of nitrogens with zero attached hydrogens (tertiary/aromatic N) is 1. The van der Waals surface area contributed by atoms with Crippen LogP contribution in [0.15, 0.2) is 48.5 Å². The Kier molecular flexibility index (Phi) is 7.22. The van der Waals surface area contributed by atoms with E-state index in [0.717, 1.165) is 29.7 Å². The highest BCUT2D eigenvalue weighted by molar-refractivity contribution is 6.10. The van der Waals surface area contributed by atoms with Crippen molar-refractivity contribution in [2.45, 2.75) is 26.2 Å². The number of carboxylic acids is 2. The van der Waals surface area contributed by atoms with E-state index < -0.39 is 24.5 Å². The molecule has 1 aromatic heterocycles. The van der Waals surface area contributed by atoms with E-state index in [9.17, 15) is 19.5 Å². The molecule has 0 aliphatic carbocycles. The predicted molar refractivity (Wildman–Crippen MR) is 116 cm³/mol. The van der Waals surface area contributed by atoms with Crippen LogP contribution in [0.5, 0.6) is 5.88 Å². The Balaban J connectivity index is 1.74. The minimum Gasteiger partial charge on any atom is -0.479 e. The SMILES string of the molecule is CCCc1[nH]nc(OCC(=O)O)c1Cc1ccc(NC(=O)c2ccccc2C(=O)O)cc1. The van der Waals surface area contributed by atoms with Gasteiger partial charge in [-0.1, -0.05) is 37.6 Å². The van der Waals surface area contributed by atoms with Crippen LogP contribution in [0, 0.1) is 0 Å². The van der Waals surface area contributed by atoms with Crippen molar-refractivity contribution in [1.29, 1.82) is 0 Å². The van der Waals surface area contributed by atoms with E-state index in [1.165, 1.54) is 12.1 Å². The summed E-state index contributed by atoms with van der Waals surface area (Å²) in [4.78, 5) is 34.7. The highest BCUT2D eigenvalue weighted by Crippen LogP contribution is 2.25. The van der Waals surface area contributed by atoms with Gasteiger partial charge in [-0.15, -0.1) is 5.10 Å². The fraction of sp³-hybridized carbons (Fsp3) is 0.217. The molecule has 9 nitrogen and oxygen atoms in total. The van der Waals surface area contributed by atoms with Crippen molar-refractivity contribution in [3.63, 3.8) is 0 Å². The molecule has 0 radical (unpaired) electrons. The van der Waals surface area contributed by atoms with Crippen LogP contribution in [0.4, 0.5) is 5.69 Å². The summed E-state index contributed by atoms with van der Waals surface area (Å²) in [7, 11) is 0. The maximum atomic E-state index is 12.5. The van der Waals surface area contributed by atoms with Crippen molar-refractivity contribution in [3.05, 3.63) is 76.5 Å². The number of aromatic carboxylic acids is 1. The largest absolute Gasteiger partial charge is 0.479 e. The molecule has 0 atom stereocenters. The molecule has 32 heavy (non-hydrogen) atoms. The number of aryl methyl sites for hydroxylation is 1. The fourth-order valence-electron chi connectivity index (χ4n) is 3.25. The zero-order valence-corrected chi connectivity index (χ0v) is 17.4. The Bertz CT molecular complexity index is 1120. The molecule has 1 heterocycles. The third-order valence-corrected chi connectivity index (χ3v) is 4.74. The second-order valence-corrected chi connectivity index (χ2v) is 7.10. The molecule has 0 saturated heterocycles. The molecule has 0 spiro atoms. The number of aromatic nitrogens is 2. The molecule has 0 bridgehead atoms. The van der Waals surface area contributed by atoms with Crippen LogP contribution in [-0.4, -0.2) is 44.9 Å². The molecule has 4 N–H and O–H groups in total. The van der Waals surface area contributed by atoms with E-state index in [0.29, 0.717) is 12.1 Å². The number of aliphatic carboxylic acids is 1. The van der Waals surface area contributed by atoms with Crippen molar-refractivity contribution in [3.8, 4) is 5.88 Å². The van der Waals surface area contributed by atoms with Gasteiger partial charge in [-0.25, -0.2) is 9.59 Å². The Morgan fingerprint density at radius 3 is 2.34 bits per heavy atom. The molecule has 0 fully saturated rings. The molecule has 2 aromatic carbocycles. The zero-order valence-electron chi connectivity index (χ0n) is 17.4. The van der Waals surface area contributed by atoms with Gasteiger partial charge in [-0.3, -0.25) is 9.89 Å². The van der Waals surface area contributed by atoms with Gasteiger partial charge in [0.15, 0.2) is 6.61 Å². The van der Waals surface area contributed by atoms with Gasteiger partial charge in [-0.2, -0.15) is 0 Å². The van der Waals surface area contributed by atoms with Crippen molar-refractivity contribution < 1.29 is 29.3 Å². The average molecular weight is 437 g/mol. The lowest BCUT2D eigenvalue weighted by Gasteiger charge is -2.09. The second-order valence-electron chi connectivity index (χ2n) is 7.10. The lowest BCUT2D eigenvalue weighted by atomic mass is 10.0. The number of H-pyrrole nitrogens is 1. The van der Waals surface area contributed by atoms with Crippen LogP contribution in [0.25, 0.3) is 0 Å². The van der Waals surface area contributed by atoms with E-state index in [1.807, 2.05) is 19.1 Å². The Labute approximate surface area is 184 Å². The molecular formula is C23H23N3O6. The van der Waals surface area contributed by atoms with Gasteiger partial charge in [0.1, 0.15) is 0 Å². The van der Waals surface area contributed by atoms with Gasteiger partial charge in [0, 0.05) is 23.4 Å². The number of benzene rings is 2. The van der Waals surface area contributed by atoms with Crippen LogP contribution in [0.2, 0.25) is 0 Å². The first kappa shape index (κ1) is 22.5. The smallest absolute Gasteiger partial charge is 0.341 e. The fourth-order valence-corrected chi connectivity index (χ4v) is 3.25. The first-order valence-electron chi connectivity index (χ1n) is 10.0. The number of nitrogens with one attached hydrogen (secondary N) is 2. The van der Waals surface area contributed by atoms with Gasteiger partial charge in [0.2, 0.25) is 5.88 Å². The topological polar surface area (TPSA) is 142 Å². The van der Waals surface area contributed by atoms with Crippen LogP contribution in [-0.2, 0) is 17.6 Å². The van der Waals surface area contributed by atoms with Crippen LogP contribution < -0.4 is 10.1 Å². The maximum absolute atomic E-state index is 12.5. The number of carbonyl (C=O) groups excluding carboxylic acids is 1. The summed E-state index contributed by atoms with van der Waals surface area (Å²) in [6.45, 7) is 1.55. The minimum atomic E-state index is -1.17. The van der Waals surface area contributed by atoms with Gasteiger partial charge in [-0.05, 0) is 36.2 Å². The third kappa shape index (κ3) is 5.51. The summed E-state index contributed by atoms with van der Waals surface area (Å²) < 4.78 is 5.31. The lowest BCUT2D eigenvalue weighted by molar-refractivity contribution is -0.139. The number of aromatic amines is 1. The molecule has 0 aliphatic heterocycles. The first-order chi connectivity index (χ1) is 15.4. The van der Waals surface area contributed by atoms with Crippen molar-refractivity contribution in [1.82, 2.24) is 10.2 Å². The summed E-state index contributed by atoms with van der Waals surface area (Å²) in [6.07, 6.45) is 2.10. The normalized spacial score (nSPS) is 10.5. The van der Waals surface area contributed by atoms with Crippen LogP contribution in [0.1, 0.15) is 50.9 Å². The molecule has 3 rings (SSSR count). The van der Waals surface area contributed by atoms with E-state index in [2.05, 4.69) is 15.5 Å². The number of carbonyl (C=O) groups is 3. The van der Waals surface area contributed by atoms with Gasteiger partial charge >= 0.3 is 11.9 Å². The van der Waals surface area contributed by atoms with E-state index in [4.69, 9.17) is 9.84 Å². The highest BCUT2D eigenvalue weighted by atomic mass is 16.5.